The van der Waals surface area contributed by atoms with Crippen molar-refractivity contribution in [2.45, 2.75) is 26.1 Å². The van der Waals surface area contributed by atoms with Gasteiger partial charge in [-0.15, -0.1) is 6.58 Å². The van der Waals surface area contributed by atoms with Crippen LogP contribution >= 0.6 is 0 Å². The van der Waals surface area contributed by atoms with Crippen molar-refractivity contribution in [1.82, 2.24) is 0 Å². The Labute approximate surface area is 82.0 Å². The van der Waals surface area contributed by atoms with Crippen molar-refractivity contribution in [2.75, 3.05) is 0 Å². The van der Waals surface area contributed by atoms with Gasteiger partial charge in [-0.2, -0.15) is 0 Å². The molecule has 0 amide bonds. The summed E-state index contributed by atoms with van der Waals surface area (Å²) >= 11 is 0. The monoisotopic (exact) mass is 172 g/mol. The van der Waals surface area contributed by atoms with Crippen molar-refractivity contribution in [1.29, 1.82) is 0 Å². The van der Waals surface area contributed by atoms with Gasteiger partial charge in [0, 0.05) is 0 Å². The van der Waals surface area contributed by atoms with E-state index < -0.39 is 0 Å². The molecule has 0 saturated heterocycles. The molecule has 0 aromatic rings. The molecule has 0 atom stereocenters. The van der Waals surface area contributed by atoms with Gasteiger partial charge in [-0.25, -0.2) is 0 Å². The molecule has 0 radical (unpaired) electrons. The lowest BCUT2D eigenvalue weighted by Crippen LogP contribution is -1.96. The summed E-state index contributed by atoms with van der Waals surface area (Å²) < 4.78 is 0. The van der Waals surface area contributed by atoms with E-state index in [0.717, 1.165) is 12.8 Å². The van der Waals surface area contributed by atoms with E-state index in [1.54, 1.807) is 0 Å². The van der Waals surface area contributed by atoms with Gasteiger partial charge in [0.2, 0.25) is 0 Å². The molecular weight excluding hydrogens is 155 g/mol. The fraction of sp³-hybridized carbons (Fsp3) is 0.333. The second-order valence-electron chi connectivity index (χ2n) is 3.42. The predicted molar refractivity (Wildman–Crippen MR) is 62.4 cm³/mol. The van der Waals surface area contributed by atoms with Crippen LogP contribution < -0.4 is 0 Å². The van der Waals surface area contributed by atoms with Crippen LogP contribution in [0, 0.1) is 0 Å². The van der Waals surface area contributed by atoms with Crippen LogP contribution in [0.4, 0.5) is 0 Å². The quantitative estimate of drug-likeness (QED) is 0.347. The van der Waals surface area contributed by atoms with Gasteiger partial charge in [0.1, 0.15) is 0 Å². The molecule has 0 fully saturated rings. The molecule has 0 aromatic carbocycles. The van der Waals surface area contributed by atoms with E-state index in [2.05, 4.69) is 37.8 Å². The van der Waals surface area contributed by atoms with Crippen LogP contribution in [-0.4, -0.2) is 7.28 Å². The first-order valence-electron chi connectivity index (χ1n) is 4.98. The molecule has 0 bridgehead atoms. The topological polar surface area (TPSA) is 0 Å². The summed E-state index contributed by atoms with van der Waals surface area (Å²) in [6, 6.07) is 0. The van der Waals surface area contributed by atoms with Crippen molar-refractivity contribution in [3.63, 3.8) is 0 Å². The molecule has 0 nitrogen and oxygen atoms in total. The maximum Gasteiger partial charge on any atom is 0.157 e. The van der Waals surface area contributed by atoms with E-state index in [1.165, 1.54) is 24.6 Å². The van der Waals surface area contributed by atoms with Crippen LogP contribution in [0.3, 0.4) is 0 Å². The first-order valence-corrected chi connectivity index (χ1v) is 4.98. The lowest BCUT2D eigenvalue weighted by atomic mass is 9.63. The fourth-order valence-corrected chi connectivity index (χ4v) is 1.51. The van der Waals surface area contributed by atoms with E-state index in [4.69, 9.17) is 0 Å². The van der Waals surface area contributed by atoms with Crippen molar-refractivity contribution in [2.24, 2.45) is 0 Å². The highest BCUT2D eigenvalue weighted by Crippen LogP contribution is 2.14. The largest absolute Gasteiger partial charge is 0.157 e. The zero-order valence-electron chi connectivity index (χ0n) is 8.42. The smallest absolute Gasteiger partial charge is 0.103 e. The molecule has 0 aromatic heterocycles. The average molecular weight is 172 g/mol. The van der Waals surface area contributed by atoms with E-state index in [0.29, 0.717) is 0 Å². The molecular formula is C12H17B. The summed E-state index contributed by atoms with van der Waals surface area (Å²) in [5.41, 5.74) is 2.92. The van der Waals surface area contributed by atoms with Gasteiger partial charge in [-0.1, -0.05) is 47.7 Å². The van der Waals surface area contributed by atoms with Crippen LogP contribution in [0.2, 0.25) is 6.32 Å². The molecule has 1 aliphatic rings. The summed E-state index contributed by atoms with van der Waals surface area (Å²) in [6.07, 6.45) is 14.3. The highest BCUT2D eigenvalue weighted by molar-refractivity contribution is 6.47. The van der Waals surface area contributed by atoms with Crippen LogP contribution in [0.15, 0.2) is 48.0 Å². The highest BCUT2D eigenvalue weighted by Gasteiger charge is 2.01. The number of allylic oxidation sites excluding steroid dienone is 7. The van der Waals surface area contributed by atoms with E-state index >= 15 is 0 Å². The molecule has 0 N–H and O–H groups in total. The van der Waals surface area contributed by atoms with Crippen LogP contribution in [0.1, 0.15) is 19.8 Å². The number of rotatable bonds is 4. The predicted octanol–water partition coefficient (Wildman–Crippen LogP) is 3.21. The molecule has 1 aliphatic carbocycles. The minimum Gasteiger partial charge on any atom is -0.103 e. The summed E-state index contributed by atoms with van der Waals surface area (Å²) in [5, 5.41) is 0. The Morgan fingerprint density at radius 2 is 2.46 bits per heavy atom. The van der Waals surface area contributed by atoms with Crippen LogP contribution in [0.5, 0.6) is 0 Å². The third kappa shape index (κ3) is 3.50. The lowest BCUT2D eigenvalue weighted by Gasteiger charge is -2.03. The molecule has 0 spiro atoms. The van der Waals surface area contributed by atoms with Crippen molar-refractivity contribution >= 4 is 7.28 Å². The average Bonchev–Trinajstić information content (AvgIpc) is 2.32. The van der Waals surface area contributed by atoms with Gasteiger partial charge in [0.15, 0.2) is 7.28 Å². The minimum atomic E-state index is 1.08. The maximum absolute atomic E-state index is 3.73. The molecule has 13 heavy (non-hydrogen) atoms. The highest BCUT2D eigenvalue weighted by atomic mass is 14.0. The molecule has 0 aliphatic heterocycles. The van der Waals surface area contributed by atoms with Crippen LogP contribution in [-0.2, 0) is 0 Å². The summed E-state index contributed by atoms with van der Waals surface area (Å²) in [5.74, 6) is 0. The van der Waals surface area contributed by atoms with E-state index in [1.807, 2.05) is 6.08 Å². The van der Waals surface area contributed by atoms with Crippen molar-refractivity contribution in [3.8, 4) is 0 Å². The molecule has 0 saturated carbocycles. The maximum atomic E-state index is 3.73. The van der Waals surface area contributed by atoms with Gasteiger partial charge in [-0.3, -0.25) is 0 Å². The Morgan fingerprint density at radius 3 is 3.23 bits per heavy atom. The summed E-state index contributed by atoms with van der Waals surface area (Å²) in [7, 11) is 1.19. The van der Waals surface area contributed by atoms with E-state index in [9.17, 15) is 0 Å². The summed E-state index contributed by atoms with van der Waals surface area (Å²) in [4.78, 5) is 0. The first kappa shape index (κ1) is 10.1. The van der Waals surface area contributed by atoms with Crippen LogP contribution in [0.25, 0.3) is 0 Å². The molecule has 1 heteroatoms. The zero-order valence-corrected chi connectivity index (χ0v) is 8.42. The number of hydrogen-bond acceptors (Lipinski definition) is 0. The molecule has 0 unspecified atom stereocenters. The second kappa shape index (κ2) is 5.63. The Hall–Kier alpha value is -0.975. The second-order valence-corrected chi connectivity index (χ2v) is 3.42. The van der Waals surface area contributed by atoms with Gasteiger partial charge < -0.3 is 0 Å². The Kier molecular flexibility index (Phi) is 4.38. The van der Waals surface area contributed by atoms with E-state index in [-0.39, 0.29) is 0 Å². The SMILES string of the molecule is C=CCCBC1=CCC=CC=C1C. The zero-order chi connectivity index (χ0) is 9.52. The normalized spacial score (nSPS) is 15.8. The van der Waals surface area contributed by atoms with Gasteiger partial charge >= 0.3 is 0 Å². The summed E-state index contributed by atoms with van der Waals surface area (Å²) in [6.45, 7) is 5.92. The third-order valence-corrected chi connectivity index (χ3v) is 2.34. The van der Waals surface area contributed by atoms with Crippen molar-refractivity contribution in [3.05, 3.63) is 48.0 Å². The van der Waals surface area contributed by atoms with Gasteiger partial charge in [0.25, 0.3) is 0 Å². The van der Waals surface area contributed by atoms with Gasteiger partial charge in [-0.05, 0) is 19.8 Å². The minimum absolute atomic E-state index is 1.08. The number of hydrogen-bond donors (Lipinski definition) is 0. The Balaban J connectivity index is 2.48. The standard InChI is InChI=1S/C12H17B/c1-3-4-10-13-12-9-7-5-6-8-11(12)2/h3,5-6,8-9,13H,1,4,7,10H2,2H3. The molecule has 1 rings (SSSR count). The molecule has 68 valence electrons. The lowest BCUT2D eigenvalue weighted by molar-refractivity contribution is 1.20. The Bertz CT molecular complexity index is 256. The first-order chi connectivity index (χ1) is 6.34. The van der Waals surface area contributed by atoms with Gasteiger partial charge in [0.05, 0.1) is 0 Å². The third-order valence-electron chi connectivity index (χ3n) is 2.34. The molecule has 0 heterocycles. The van der Waals surface area contributed by atoms with Crippen molar-refractivity contribution < 1.29 is 0 Å². The fourth-order valence-electron chi connectivity index (χ4n) is 1.51. The Morgan fingerprint density at radius 1 is 1.62 bits per heavy atom.